The zero-order valence-electron chi connectivity index (χ0n) is 7.32. The van der Waals surface area contributed by atoms with Crippen LogP contribution in [0.3, 0.4) is 0 Å². The van der Waals surface area contributed by atoms with Crippen LogP contribution in [0, 0.1) is 0 Å². The summed E-state index contributed by atoms with van der Waals surface area (Å²) in [5.41, 5.74) is 5.48. The number of hydrogen-bond acceptors (Lipinski definition) is 3. The van der Waals surface area contributed by atoms with Gasteiger partial charge in [0, 0.05) is 0 Å². The van der Waals surface area contributed by atoms with Gasteiger partial charge in [0.1, 0.15) is 17.3 Å². The number of hydrogen-bond donors (Lipinski definition) is 3. The van der Waals surface area contributed by atoms with Crippen LogP contribution in [0.5, 0.6) is 5.75 Å². The summed E-state index contributed by atoms with van der Waals surface area (Å²) < 4.78 is 0. The van der Waals surface area contributed by atoms with Crippen molar-refractivity contribution in [2.75, 3.05) is 0 Å². The third-order valence-electron chi connectivity index (χ3n) is 1.81. The van der Waals surface area contributed by atoms with Crippen LogP contribution >= 0.6 is 0 Å². The number of rotatable bonds is 1. The molecule has 14 heavy (non-hydrogen) atoms. The van der Waals surface area contributed by atoms with Crippen LogP contribution in [0.1, 0.15) is 6.42 Å². The number of aromatic hydroxyl groups is 1. The summed E-state index contributed by atoms with van der Waals surface area (Å²) in [7, 11) is 0. The van der Waals surface area contributed by atoms with Crippen molar-refractivity contribution in [1.82, 2.24) is 10.9 Å². The molecule has 72 valence electrons. The van der Waals surface area contributed by atoms with Crippen LogP contribution in [0.2, 0.25) is 0 Å². The Morgan fingerprint density at radius 1 is 1.29 bits per heavy atom. The molecule has 5 nitrogen and oxygen atoms in total. The number of phenolic OH excluding ortho intramolecular Hbond substituents is 1. The largest absolute Gasteiger partial charge is 0.506 e. The Balaban J connectivity index is 2.25. The molecule has 5 heteroatoms. The standard InChI is InChI=1S/C9H9N3O2/c13-7-4-2-1-3-6(7)10-8-5-9(14)12-11-8/h1-4,13H,5H2,(H,10,11)(H,12,14). The lowest BCUT2D eigenvalue weighted by molar-refractivity contribution is -0.119. The maximum atomic E-state index is 10.8. The third kappa shape index (κ3) is 1.66. The molecule has 0 saturated carbocycles. The lowest BCUT2D eigenvalue weighted by Crippen LogP contribution is -2.28. The highest BCUT2D eigenvalue weighted by atomic mass is 16.3. The number of amidine groups is 1. The number of nitrogens with one attached hydrogen (secondary N) is 2. The second-order valence-corrected chi connectivity index (χ2v) is 2.90. The minimum Gasteiger partial charge on any atom is -0.506 e. The van der Waals surface area contributed by atoms with Crippen molar-refractivity contribution >= 4 is 17.4 Å². The minimum absolute atomic E-state index is 0.0983. The van der Waals surface area contributed by atoms with Gasteiger partial charge in [-0.25, -0.2) is 4.99 Å². The van der Waals surface area contributed by atoms with Crippen LogP contribution in [0.25, 0.3) is 0 Å². The summed E-state index contributed by atoms with van der Waals surface area (Å²) in [6.07, 6.45) is 0.217. The molecule has 1 saturated heterocycles. The van der Waals surface area contributed by atoms with E-state index in [1.807, 2.05) is 0 Å². The van der Waals surface area contributed by atoms with Gasteiger partial charge in [0.25, 0.3) is 0 Å². The molecule has 0 aromatic heterocycles. The van der Waals surface area contributed by atoms with Gasteiger partial charge >= 0.3 is 0 Å². The summed E-state index contributed by atoms with van der Waals surface area (Å²) in [5.74, 6) is 0.483. The predicted octanol–water partition coefficient (Wildman–Crippen LogP) is 0.447. The average molecular weight is 191 g/mol. The molecule has 3 N–H and O–H groups in total. The smallest absolute Gasteiger partial charge is 0.245 e. The number of phenols is 1. The molecule has 0 radical (unpaired) electrons. The minimum atomic E-state index is -0.126. The summed E-state index contributed by atoms with van der Waals surface area (Å²) in [5, 5.41) is 9.40. The van der Waals surface area contributed by atoms with E-state index in [4.69, 9.17) is 0 Å². The maximum Gasteiger partial charge on any atom is 0.245 e. The van der Waals surface area contributed by atoms with Gasteiger partial charge in [0.2, 0.25) is 5.91 Å². The number of nitrogens with zero attached hydrogens (tertiary/aromatic N) is 1. The molecule has 1 aromatic carbocycles. The molecule has 1 aromatic rings. The number of para-hydroxylation sites is 2. The number of carbonyl (C=O) groups is 1. The molecule has 1 fully saturated rings. The number of carbonyl (C=O) groups excluding carboxylic acids is 1. The van der Waals surface area contributed by atoms with Gasteiger partial charge in [-0.2, -0.15) is 0 Å². The Labute approximate surface area is 80.4 Å². The molecule has 0 aliphatic carbocycles. The fourth-order valence-electron chi connectivity index (χ4n) is 1.15. The zero-order chi connectivity index (χ0) is 9.97. The van der Waals surface area contributed by atoms with Crippen molar-refractivity contribution in [2.45, 2.75) is 6.42 Å². The number of benzene rings is 1. The molecule has 1 aliphatic heterocycles. The highest BCUT2D eigenvalue weighted by molar-refractivity contribution is 6.05. The molecule has 0 spiro atoms. The van der Waals surface area contributed by atoms with Gasteiger partial charge < -0.3 is 5.11 Å². The quantitative estimate of drug-likeness (QED) is 0.603. The summed E-state index contributed by atoms with van der Waals surface area (Å²) in [6.45, 7) is 0. The number of amides is 1. The van der Waals surface area contributed by atoms with Crippen molar-refractivity contribution < 1.29 is 9.90 Å². The highest BCUT2D eigenvalue weighted by Crippen LogP contribution is 2.25. The molecule has 1 aliphatic rings. The van der Waals surface area contributed by atoms with Gasteiger partial charge in [-0.15, -0.1) is 0 Å². The van der Waals surface area contributed by atoms with Gasteiger partial charge in [-0.05, 0) is 12.1 Å². The Hall–Kier alpha value is -2.04. The number of aliphatic imine (C=N–C) groups is 1. The van der Waals surface area contributed by atoms with Crippen LogP contribution in [-0.4, -0.2) is 16.8 Å². The number of hydrazine groups is 1. The molecule has 1 heterocycles. The van der Waals surface area contributed by atoms with Gasteiger partial charge in [0.15, 0.2) is 0 Å². The van der Waals surface area contributed by atoms with E-state index < -0.39 is 0 Å². The first-order chi connectivity index (χ1) is 6.75. The van der Waals surface area contributed by atoms with Crippen LogP contribution in [0.15, 0.2) is 29.3 Å². The molecule has 0 unspecified atom stereocenters. The lowest BCUT2D eigenvalue weighted by Gasteiger charge is -1.99. The third-order valence-corrected chi connectivity index (χ3v) is 1.81. The Bertz CT molecular complexity index is 401. The van der Waals surface area contributed by atoms with Crippen molar-refractivity contribution in [2.24, 2.45) is 4.99 Å². The monoisotopic (exact) mass is 191 g/mol. The van der Waals surface area contributed by atoms with E-state index in [1.54, 1.807) is 24.3 Å². The SMILES string of the molecule is O=C1CC(=Nc2ccccc2O)NN1. The molecular weight excluding hydrogens is 182 g/mol. The van der Waals surface area contributed by atoms with E-state index in [9.17, 15) is 9.90 Å². The highest BCUT2D eigenvalue weighted by Gasteiger charge is 2.15. The fourth-order valence-corrected chi connectivity index (χ4v) is 1.15. The lowest BCUT2D eigenvalue weighted by atomic mass is 10.3. The zero-order valence-corrected chi connectivity index (χ0v) is 7.32. The van der Waals surface area contributed by atoms with E-state index in [0.29, 0.717) is 11.5 Å². The van der Waals surface area contributed by atoms with Gasteiger partial charge in [-0.3, -0.25) is 15.6 Å². The van der Waals surface area contributed by atoms with Gasteiger partial charge in [0.05, 0.1) is 6.42 Å². The summed E-state index contributed by atoms with van der Waals surface area (Å²) in [4.78, 5) is 14.9. The normalized spacial score (nSPS) is 18.0. The Kier molecular flexibility index (Phi) is 2.06. The van der Waals surface area contributed by atoms with Crippen LogP contribution < -0.4 is 10.9 Å². The van der Waals surface area contributed by atoms with Gasteiger partial charge in [-0.1, -0.05) is 12.1 Å². The van der Waals surface area contributed by atoms with E-state index in [1.165, 1.54) is 0 Å². The fraction of sp³-hybridized carbons (Fsp3) is 0.111. The predicted molar refractivity (Wildman–Crippen MR) is 51.1 cm³/mol. The first kappa shape index (κ1) is 8.55. The van der Waals surface area contributed by atoms with Crippen molar-refractivity contribution in [3.63, 3.8) is 0 Å². The first-order valence-electron chi connectivity index (χ1n) is 4.16. The van der Waals surface area contributed by atoms with E-state index >= 15 is 0 Å². The van der Waals surface area contributed by atoms with Crippen molar-refractivity contribution in [3.8, 4) is 5.75 Å². The van der Waals surface area contributed by atoms with E-state index in [-0.39, 0.29) is 18.1 Å². The molecule has 0 atom stereocenters. The average Bonchev–Trinajstić information content (AvgIpc) is 2.56. The van der Waals surface area contributed by atoms with E-state index in [2.05, 4.69) is 15.8 Å². The van der Waals surface area contributed by atoms with Crippen molar-refractivity contribution in [3.05, 3.63) is 24.3 Å². The van der Waals surface area contributed by atoms with Crippen LogP contribution in [0.4, 0.5) is 5.69 Å². The summed E-state index contributed by atoms with van der Waals surface area (Å²) >= 11 is 0. The molecule has 0 bridgehead atoms. The molecular formula is C9H9N3O2. The molecule has 2 rings (SSSR count). The maximum absolute atomic E-state index is 10.8. The second-order valence-electron chi connectivity index (χ2n) is 2.90. The second kappa shape index (κ2) is 3.37. The van der Waals surface area contributed by atoms with Crippen LogP contribution in [-0.2, 0) is 4.79 Å². The van der Waals surface area contributed by atoms with Crippen molar-refractivity contribution in [1.29, 1.82) is 0 Å². The topological polar surface area (TPSA) is 73.7 Å². The summed E-state index contributed by atoms with van der Waals surface area (Å²) in [6, 6.07) is 6.70. The van der Waals surface area contributed by atoms with E-state index in [0.717, 1.165) is 0 Å². The first-order valence-corrected chi connectivity index (χ1v) is 4.16. The Morgan fingerprint density at radius 3 is 2.71 bits per heavy atom. The Morgan fingerprint density at radius 2 is 2.07 bits per heavy atom. The molecule has 1 amide bonds.